The highest BCUT2D eigenvalue weighted by Gasteiger charge is 2.22. The highest BCUT2D eigenvalue weighted by atomic mass is 32.1. The molecule has 2 N–H and O–H groups in total. The number of nitro benzene ring substituents is 1. The van der Waals surface area contributed by atoms with Gasteiger partial charge in [0, 0.05) is 30.4 Å². The highest BCUT2D eigenvalue weighted by molar-refractivity contribution is 7.80. The molecule has 3 rings (SSSR count). The second-order valence-electron chi connectivity index (χ2n) is 5.83. The van der Waals surface area contributed by atoms with Crippen LogP contribution in [0.4, 0.5) is 17.1 Å². The highest BCUT2D eigenvalue weighted by Crippen LogP contribution is 2.31. The third-order valence-electron chi connectivity index (χ3n) is 4.04. The number of nitrogens with zero attached hydrogens (tertiary/aromatic N) is 2. The molecule has 0 aliphatic carbocycles. The maximum Gasteiger partial charge on any atom is 0.294 e. The van der Waals surface area contributed by atoms with Crippen molar-refractivity contribution in [2.75, 3.05) is 36.5 Å². The van der Waals surface area contributed by atoms with Gasteiger partial charge in [-0.15, -0.1) is 0 Å². The molecule has 8 nitrogen and oxygen atoms in total. The summed E-state index contributed by atoms with van der Waals surface area (Å²) in [5.41, 5.74) is 1.40. The predicted molar refractivity (Wildman–Crippen MR) is 106 cm³/mol. The molecule has 1 amide bonds. The monoisotopic (exact) mass is 386 g/mol. The minimum Gasteiger partial charge on any atom is -0.378 e. The molecule has 1 fully saturated rings. The summed E-state index contributed by atoms with van der Waals surface area (Å²) in [7, 11) is 0. The van der Waals surface area contributed by atoms with Crippen molar-refractivity contribution in [1.29, 1.82) is 0 Å². The Morgan fingerprint density at radius 1 is 1.15 bits per heavy atom. The van der Waals surface area contributed by atoms with E-state index in [4.69, 9.17) is 17.0 Å². The van der Waals surface area contributed by atoms with Gasteiger partial charge in [-0.1, -0.05) is 18.2 Å². The van der Waals surface area contributed by atoms with Crippen LogP contribution in [-0.4, -0.2) is 42.2 Å². The van der Waals surface area contributed by atoms with Gasteiger partial charge >= 0.3 is 0 Å². The number of amides is 1. The molecule has 1 saturated heterocycles. The molecule has 2 aromatic carbocycles. The molecule has 0 radical (unpaired) electrons. The van der Waals surface area contributed by atoms with Crippen molar-refractivity contribution in [3.63, 3.8) is 0 Å². The van der Waals surface area contributed by atoms with Crippen LogP contribution in [0.1, 0.15) is 10.4 Å². The largest absolute Gasteiger partial charge is 0.378 e. The van der Waals surface area contributed by atoms with Crippen molar-refractivity contribution in [1.82, 2.24) is 5.32 Å². The molecule has 0 spiro atoms. The zero-order chi connectivity index (χ0) is 19.2. The van der Waals surface area contributed by atoms with Gasteiger partial charge < -0.3 is 15.0 Å². The fourth-order valence-electron chi connectivity index (χ4n) is 2.75. The van der Waals surface area contributed by atoms with Gasteiger partial charge in [0.25, 0.3) is 11.6 Å². The summed E-state index contributed by atoms with van der Waals surface area (Å²) in [5, 5.41) is 16.9. The third-order valence-corrected chi connectivity index (χ3v) is 4.25. The Bertz CT molecular complexity index is 854. The molecule has 9 heteroatoms. The second kappa shape index (κ2) is 8.56. The van der Waals surface area contributed by atoms with Gasteiger partial charge in [-0.05, 0) is 36.5 Å². The van der Waals surface area contributed by atoms with E-state index in [0.717, 1.165) is 0 Å². The number of hydrogen-bond acceptors (Lipinski definition) is 6. The molecule has 1 aliphatic rings. The van der Waals surface area contributed by atoms with Crippen LogP contribution in [0.25, 0.3) is 0 Å². The Morgan fingerprint density at radius 3 is 2.52 bits per heavy atom. The summed E-state index contributed by atoms with van der Waals surface area (Å²) in [5.74, 6) is -0.354. The Labute approximate surface area is 161 Å². The summed E-state index contributed by atoms with van der Waals surface area (Å²) >= 11 is 5.14. The molecule has 1 heterocycles. The van der Waals surface area contributed by atoms with Crippen LogP contribution < -0.4 is 15.5 Å². The van der Waals surface area contributed by atoms with Crippen molar-refractivity contribution in [3.05, 3.63) is 64.2 Å². The fraction of sp³-hybridized carbons (Fsp3) is 0.222. The first kappa shape index (κ1) is 18.7. The smallest absolute Gasteiger partial charge is 0.294 e. The molecule has 1 aliphatic heterocycles. The van der Waals surface area contributed by atoms with Crippen LogP contribution in [0.3, 0.4) is 0 Å². The van der Waals surface area contributed by atoms with Crippen LogP contribution in [0, 0.1) is 10.1 Å². The average Bonchev–Trinajstić information content (AvgIpc) is 2.69. The van der Waals surface area contributed by atoms with Crippen molar-refractivity contribution in [2.24, 2.45) is 0 Å². The summed E-state index contributed by atoms with van der Waals surface area (Å²) in [6, 6.07) is 13.4. The standard InChI is InChI=1S/C18H18N4O4S/c23-17(13-4-2-1-3-5-13)20-18(27)19-14-6-7-15(16(12-14)22(24)25)21-8-10-26-11-9-21/h1-7,12H,8-11H2,(H2,19,20,23,27). The lowest BCUT2D eigenvalue weighted by Gasteiger charge is -2.28. The first-order valence-electron chi connectivity index (χ1n) is 8.33. The molecule has 2 aromatic rings. The van der Waals surface area contributed by atoms with E-state index in [9.17, 15) is 14.9 Å². The summed E-state index contributed by atoms with van der Waals surface area (Å²) < 4.78 is 5.29. The molecular formula is C18H18N4O4S. The Balaban J connectivity index is 1.71. The number of benzene rings is 2. The van der Waals surface area contributed by atoms with Gasteiger partial charge in [0.2, 0.25) is 0 Å². The quantitative estimate of drug-likeness (QED) is 0.473. The molecule has 0 atom stereocenters. The van der Waals surface area contributed by atoms with Gasteiger partial charge in [-0.25, -0.2) is 0 Å². The molecule has 0 saturated carbocycles. The van der Waals surface area contributed by atoms with Crippen LogP contribution in [0.5, 0.6) is 0 Å². The van der Waals surface area contributed by atoms with E-state index in [-0.39, 0.29) is 16.7 Å². The minimum absolute atomic E-state index is 0.0286. The summed E-state index contributed by atoms with van der Waals surface area (Å²) in [4.78, 5) is 25.1. The fourth-order valence-corrected chi connectivity index (χ4v) is 2.96. The number of rotatable bonds is 4. The maximum atomic E-state index is 12.1. The van der Waals surface area contributed by atoms with Crippen molar-refractivity contribution >= 4 is 40.3 Å². The van der Waals surface area contributed by atoms with Crippen molar-refractivity contribution < 1.29 is 14.5 Å². The van der Waals surface area contributed by atoms with E-state index >= 15 is 0 Å². The normalized spacial score (nSPS) is 13.7. The third kappa shape index (κ3) is 4.78. The second-order valence-corrected chi connectivity index (χ2v) is 6.24. The van der Waals surface area contributed by atoms with Crippen LogP contribution >= 0.6 is 12.2 Å². The predicted octanol–water partition coefficient (Wildman–Crippen LogP) is 2.56. The molecular weight excluding hydrogens is 368 g/mol. The zero-order valence-electron chi connectivity index (χ0n) is 14.4. The number of carbonyl (C=O) groups is 1. The number of thiocarbonyl (C=S) groups is 1. The SMILES string of the molecule is O=C(NC(=S)Nc1ccc(N2CCOCC2)c([N+](=O)[O-])c1)c1ccccc1. The number of nitrogens with one attached hydrogen (secondary N) is 2. The van der Waals surface area contributed by atoms with Crippen LogP contribution in [0.2, 0.25) is 0 Å². The molecule has 140 valence electrons. The topological polar surface area (TPSA) is 96.7 Å². The van der Waals surface area contributed by atoms with Crippen molar-refractivity contribution in [3.8, 4) is 0 Å². The molecule has 27 heavy (non-hydrogen) atoms. The lowest BCUT2D eigenvalue weighted by molar-refractivity contribution is -0.384. The van der Waals surface area contributed by atoms with Crippen molar-refractivity contribution in [2.45, 2.75) is 0 Å². The summed E-state index contributed by atoms with van der Waals surface area (Å²) in [6.45, 7) is 2.26. The van der Waals surface area contributed by atoms with Crippen LogP contribution in [0.15, 0.2) is 48.5 Å². The van der Waals surface area contributed by atoms with E-state index < -0.39 is 4.92 Å². The van der Waals surface area contributed by atoms with Crippen LogP contribution in [-0.2, 0) is 4.74 Å². The van der Waals surface area contributed by atoms with E-state index in [1.165, 1.54) is 6.07 Å². The first-order chi connectivity index (χ1) is 13.0. The van der Waals surface area contributed by atoms with E-state index in [1.54, 1.807) is 36.4 Å². The van der Waals surface area contributed by atoms with Gasteiger partial charge in [0.15, 0.2) is 5.11 Å². The van der Waals surface area contributed by atoms with E-state index in [1.807, 2.05) is 11.0 Å². The van der Waals surface area contributed by atoms with E-state index in [0.29, 0.717) is 43.2 Å². The average molecular weight is 386 g/mol. The number of morpholine rings is 1. The Morgan fingerprint density at radius 2 is 1.85 bits per heavy atom. The molecule has 0 aromatic heterocycles. The van der Waals surface area contributed by atoms with E-state index in [2.05, 4.69) is 10.6 Å². The lowest BCUT2D eigenvalue weighted by Crippen LogP contribution is -2.36. The van der Waals surface area contributed by atoms with Gasteiger partial charge in [0.05, 0.1) is 18.1 Å². The van der Waals surface area contributed by atoms with Gasteiger partial charge in [-0.2, -0.15) is 0 Å². The zero-order valence-corrected chi connectivity index (χ0v) is 15.2. The lowest BCUT2D eigenvalue weighted by atomic mass is 10.2. The number of ether oxygens (including phenoxy) is 1. The summed E-state index contributed by atoms with van der Waals surface area (Å²) in [6.07, 6.45) is 0. The Kier molecular flexibility index (Phi) is 5.94. The molecule has 0 unspecified atom stereocenters. The van der Waals surface area contributed by atoms with Gasteiger partial charge in [-0.3, -0.25) is 20.2 Å². The minimum atomic E-state index is -0.429. The maximum absolute atomic E-state index is 12.1. The number of hydrogen-bond donors (Lipinski definition) is 2. The molecule has 0 bridgehead atoms. The number of carbonyl (C=O) groups excluding carboxylic acids is 1. The first-order valence-corrected chi connectivity index (χ1v) is 8.74. The Hall–Kier alpha value is -3.04. The van der Waals surface area contributed by atoms with Gasteiger partial charge in [0.1, 0.15) is 5.69 Å². The number of nitro groups is 1. The number of anilines is 2.